The van der Waals surface area contributed by atoms with Gasteiger partial charge in [0.2, 0.25) is 0 Å². The molecule has 0 fully saturated rings. The summed E-state index contributed by atoms with van der Waals surface area (Å²) in [6, 6.07) is 17.7. The molecule has 0 bridgehead atoms. The van der Waals surface area contributed by atoms with Crippen molar-refractivity contribution in [3.8, 4) is 0 Å². The lowest BCUT2D eigenvalue weighted by Crippen LogP contribution is -2.18. The van der Waals surface area contributed by atoms with Crippen molar-refractivity contribution >= 4 is 22.5 Å². The minimum atomic E-state index is -0.118. The molecule has 0 saturated heterocycles. The molecule has 3 rings (SSSR count). The number of H-pyrrole nitrogens is 1. The lowest BCUT2D eigenvalue weighted by Gasteiger charge is -2.22. The van der Waals surface area contributed by atoms with Crippen LogP contribution in [0.25, 0.3) is 10.9 Å². The van der Waals surface area contributed by atoms with Gasteiger partial charge in [-0.05, 0) is 29.2 Å². The van der Waals surface area contributed by atoms with Gasteiger partial charge in [0.1, 0.15) is 5.69 Å². The van der Waals surface area contributed by atoms with Crippen LogP contribution in [0.4, 0.5) is 5.69 Å². The number of fused-ring (bicyclic) bond motifs is 1. The van der Waals surface area contributed by atoms with E-state index in [9.17, 15) is 4.79 Å². The molecule has 0 unspecified atom stereocenters. The highest BCUT2D eigenvalue weighted by Gasteiger charge is 2.19. The van der Waals surface area contributed by atoms with E-state index in [2.05, 4.69) is 37.1 Å². The average molecular weight is 292 g/mol. The molecule has 0 atom stereocenters. The number of rotatable bonds is 2. The first kappa shape index (κ1) is 14.4. The van der Waals surface area contributed by atoms with E-state index >= 15 is 0 Å². The highest BCUT2D eigenvalue weighted by Crippen LogP contribution is 2.29. The lowest BCUT2D eigenvalue weighted by atomic mass is 9.86. The quantitative estimate of drug-likeness (QED) is 0.705. The number of carbonyl (C=O) groups is 1. The predicted molar refractivity (Wildman–Crippen MR) is 91.4 cm³/mol. The van der Waals surface area contributed by atoms with Gasteiger partial charge >= 0.3 is 0 Å². The molecule has 3 nitrogen and oxygen atoms in total. The maximum absolute atomic E-state index is 12.5. The standard InChI is InChI=1S/C19H20N2O/c1-19(2,3)14-9-5-7-11-16(14)21-18(22)17-12-13-8-4-6-10-15(13)20-17/h4-12,20H,1-3H3,(H,21,22). The molecule has 3 aromatic rings. The van der Waals surface area contributed by atoms with Crippen molar-refractivity contribution in [1.29, 1.82) is 0 Å². The zero-order valence-corrected chi connectivity index (χ0v) is 13.1. The fourth-order valence-corrected chi connectivity index (χ4v) is 2.63. The Morgan fingerprint density at radius 3 is 2.41 bits per heavy atom. The van der Waals surface area contributed by atoms with Gasteiger partial charge in [-0.3, -0.25) is 4.79 Å². The molecule has 0 saturated carbocycles. The van der Waals surface area contributed by atoms with Crippen LogP contribution in [0.3, 0.4) is 0 Å². The number of para-hydroxylation sites is 2. The highest BCUT2D eigenvalue weighted by atomic mass is 16.1. The summed E-state index contributed by atoms with van der Waals surface area (Å²) in [7, 11) is 0. The Morgan fingerprint density at radius 1 is 1.00 bits per heavy atom. The van der Waals surface area contributed by atoms with E-state index in [4.69, 9.17) is 0 Å². The number of anilines is 1. The molecule has 1 amide bonds. The van der Waals surface area contributed by atoms with Gasteiger partial charge in [0, 0.05) is 16.6 Å². The van der Waals surface area contributed by atoms with Gasteiger partial charge in [-0.15, -0.1) is 0 Å². The molecule has 0 aliphatic carbocycles. The largest absolute Gasteiger partial charge is 0.351 e. The van der Waals surface area contributed by atoms with Crippen LogP contribution in [0.2, 0.25) is 0 Å². The Balaban J connectivity index is 1.92. The molecule has 0 radical (unpaired) electrons. The summed E-state index contributed by atoms with van der Waals surface area (Å²) in [5, 5.41) is 4.06. The second-order valence-corrected chi connectivity index (χ2v) is 6.52. The Kier molecular flexibility index (Phi) is 3.49. The Bertz CT molecular complexity index is 792. The van der Waals surface area contributed by atoms with E-state index in [1.165, 1.54) is 0 Å². The first-order valence-corrected chi connectivity index (χ1v) is 7.44. The molecule has 2 aromatic carbocycles. The Morgan fingerprint density at radius 2 is 1.68 bits per heavy atom. The Labute approximate surface area is 130 Å². The maximum atomic E-state index is 12.5. The first-order chi connectivity index (χ1) is 10.4. The minimum absolute atomic E-state index is 0.0235. The van der Waals surface area contributed by atoms with Crippen molar-refractivity contribution in [2.75, 3.05) is 5.32 Å². The van der Waals surface area contributed by atoms with Crippen molar-refractivity contribution in [2.45, 2.75) is 26.2 Å². The number of hydrogen-bond acceptors (Lipinski definition) is 1. The number of hydrogen-bond donors (Lipinski definition) is 2. The summed E-state index contributed by atoms with van der Waals surface area (Å²) in [6.45, 7) is 6.42. The predicted octanol–water partition coefficient (Wildman–Crippen LogP) is 4.72. The molecular weight excluding hydrogens is 272 g/mol. The molecule has 3 heteroatoms. The van der Waals surface area contributed by atoms with E-state index in [1.807, 2.05) is 48.5 Å². The van der Waals surface area contributed by atoms with Gasteiger partial charge < -0.3 is 10.3 Å². The topological polar surface area (TPSA) is 44.9 Å². The van der Waals surface area contributed by atoms with Crippen LogP contribution >= 0.6 is 0 Å². The molecular formula is C19H20N2O. The summed E-state index contributed by atoms with van der Waals surface area (Å²) in [5.74, 6) is -0.118. The van der Waals surface area contributed by atoms with Crippen molar-refractivity contribution in [2.24, 2.45) is 0 Å². The van der Waals surface area contributed by atoms with E-state index in [0.29, 0.717) is 5.69 Å². The lowest BCUT2D eigenvalue weighted by molar-refractivity contribution is 0.102. The van der Waals surface area contributed by atoms with Crippen LogP contribution in [-0.4, -0.2) is 10.9 Å². The van der Waals surface area contributed by atoms with Gasteiger partial charge in [-0.25, -0.2) is 0 Å². The van der Waals surface area contributed by atoms with Crippen molar-refractivity contribution < 1.29 is 4.79 Å². The first-order valence-electron chi connectivity index (χ1n) is 7.44. The summed E-state index contributed by atoms with van der Waals surface area (Å²) in [6.07, 6.45) is 0. The zero-order chi connectivity index (χ0) is 15.7. The Hall–Kier alpha value is -2.55. The minimum Gasteiger partial charge on any atom is -0.351 e. The summed E-state index contributed by atoms with van der Waals surface area (Å²) in [4.78, 5) is 15.7. The van der Waals surface area contributed by atoms with Crippen LogP contribution in [0.5, 0.6) is 0 Å². The number of aromatic nitrogens is 1. The number of aromatic amines is 1. The van der Waals surface area contributed by atoms with E-state index in [-0.39, 0.29) is 11.3 Å². The van der Waals surface area contributed by atoms with E-state index < -0.39 is 0 Å². The summed E-state index contributed by atoms with van der Waals surface area (Å²) < 4.78 is 0. The zero-order valence-electron chi connectivity index (χ0n) is 13.1. The molecule has 0 spiro atoms. The van der Waals surface area contributed by atoms with Crippen molar-refractivity contribution in [3.63, 3.8) is 0 Å². The molecule has 1 heterocycles. The van der Waals surface area contributed by atoms with E-state index in [0.717, 1.165) is 22.2 Å². The maximum Gasteiger partial charge on any atom is 0.272 e. The smallest absolute Gasteiger partial charge is 0.272 e. The number of nitrogens with one attached hydrogen (secondary N) is 2. The van der Waals surface area contributed by atoms with Crippen molar-refractivity contribution in [1.82, 2.24) is 4.98 Å². The molecule has 0 aliphatic rings. The molecule has 112 valence electrons. The number of carbonyl (C=O) groups excluding carboxylic acids is 1. The number of benzene rings is 2. The molecule has 0 aliphatic heterocycles. The van der Waals surface area contributed by atoms with Crippen molar-refractivity contribution in [3.05, 3.63) is 65.9 Å². The summed E-state index contributed by atoms with van der Waals surface area (Å²) >= 11 is 0. The second-order valence-electron chi connectivity index (χ2n) is 6.52. The average Bonchev–Trinajstić information content (AvgIpc) is 2.90. The van der Waals surface area contributed by atoms with Crippen LogP contribution in [0.1, 0.15) is 36.8 Å². The normalized spacial score (nSPS) is 11.6. The third-order valence-corrected chi connectivity index (χ3v) is 3.76. The molecule has 2 N–H and O–H groups in total. The number of amides is 1. The van der Waals surface area contributed by atoms with Gasteiger partial charge in [0.25, 0.3) is 5.91 Å². The van der Waals surface area contributed by atoms with E-state index in [1.54, 1.807) is 0 Å². The highest BCUT2D eigenvalue weighted by molar-refractivity contribution is 6.06. The fraction of sp³-hybridized carbons (Fsp3) is 0.211. The molecule has 1 aromatic heterocycles. The third-order valence-electron chi connectivity index (χ3n) is 3.76. The summed E-state index contributed by atoms with van der Waals surface area (Å²) in [5.41, 5.74) is 3.50. The van der Waals surface area contributed by atoms with Crippen LogP contribution < -0.4 is 5.32 Å². The fourth-order valence-electron chi connectivity index (χ4n) is 2.63. The van der Waals surface area contributed by atoms with Crippen LogP contribution in [-0.2, 0) is 5.41 Å². The van der Waals surface area contributed by atoms with Gasteiger partial charge in [-0.1, -0.05) is 57.2 Å². The van der Waals surface area contributed by atoms with Gasteiger partial charge in [0.05, 0.1) is 0 Å². The van der Waals surface area contributed by atoms with Gasteiger partial charge in [0.15, 0.2) is 0 Å². The monoisotopic (exact) mass is 292 g/mol. The SMILES string of the molecule is CC(C)(C)c1ccccc1NC(=O)c1cc2ccccc2[nH]1. The van der Waals surface area contributed by atoms with Crippen LogP contribution in [0, 0.1) is 0 Å². The molecule has 22 heavy (non-hydrogen) atoms. The van der Waals surface area contributed by atoms with Crippen LogP contribution in [0.15, 0.2) is 54.6 Å². The van der Waals surface area contributed by atoms with Gasteiger partial charge in [-0.2, -0.15) is 0 Å². The second kappa shape index (κ2) is 5.34. The third kappa shape index (κ3) is 2.75.